The number of benzene rings is 1. The van der Waals surface area contributed by atoms with Gasteiger partial charge in [0.25, 0.3) is 5.91 Å². The van der Waals surface area contributed by atoms with E-state index in [0.717, 1.165) is 19.5 Å². The number of likely N-dealkylation sites (tertiary alicyclic amines) is 1. The minimum Gasteiger partial charge on any atom is -0.379 e. The maximum absolute atomic E-state index is 12.8. The molecular weight excluding hydrogens is 300 g/mol. The van der Waals surface area contributed by atoms with Gasteiger partial charge in [-0.3, -0.25) is 4.79 Å². The Bertz CT molecular complexity index is 528. The number of hydrogen-bond acceptors (Lipinski definition) is 3. The van der Waals surface area contributed by atoms with Gasteiger partial charge in [-0.05, 0) is 37.2 Å². The fourth-order valence-corrected chi connectivity index (χ4v) is 4.09. The molecule has 1 aromatic carbocycles. The minimum atomic E-state index is -1.23. The Morgan fingerprint density at radius 2 is 1.88 bits per heavy atom. The summed E-state index contributed by atoms with van der Waals surface area (Å²) in [6.07, 6.45) is 7.82. The first-order valence-electron chi connectivity index (χ1n) is 9.44. The van der Waals surface area contributed by atoms with Crippen molar-refractivity contribution in [2.24, 2.45) is 5.92 Å². The third-order valence-electron chi connectivity index (χ3n) is 5.50. The van der Waals surface area contributed by atoms with Crippen molar-refractivity contribution in [1.29, 1.82) is 0 Å². The van der Waals surface area contributed by atoms with E-state index in [-0.39, 0.29) is 5.91 Å². The zero-order chi connectivity index (χ0) is 16.8. The molecule has 4 heteroatoms. The highest BCUT2D eigenvalue weighted by atomic mass is 16.3. The number of nitrogens with one attached hydrogen (secondary N) is 1. The molecule has 132 valence electrons. The van der Waals surface area contributed by atoms with Gasteiger partial charge in [0.05, 0.1) is 0 Å². The molecule has 1 unspecified atom stereocenters. The van der Waals surface area contributed by atoms with Gasteiger partial charge in [-0.1, -0.05) is 49.6 Å². The van der Waals surface area contributed by atoms with Crippen molar-refractivity contribution in [2.45, 2.75) is 57.1 Å². The fraction of sp³-hybridized carbons (Fsp3) is 0.650. The van der Waals surface area contributed by atoms with Crippen molar-refractivity contribution in [2.75, 3.05) is 19.6 Å². The lowest BCUT2D eigenvalue weighted by Crippen LogP contribution is -2.58. The number of hydrogen-bond donors (Lipinski definition) is 2. The van der Waals surface area contributed by atoms with Gasteiger partial charge in [0.1, 0.15) is 0 Å². The maximum atomic E-state index is 12.8. The van der Waals surface area contributed by atoms with E-state index in [9.17, 15) is 9.90 Å². The number of rotatable bonds is 6. The molecular formula is C20H30N2O2. The quantitative estimate of drug-likeness (QED) is 0.843. The molecule has 3 rings (SSSR count). The molecule has 1 saturated heterocycles. The van der Waals surface area contributed by atoms with Crippen LogP contribution in [0.15, 0.2) is 30.3 Å². The number of carbonyl (C=O) groups excluding carboxylic acids is 1. The molecule has 1 aliphatic carbocycles. The van der Waals surface area contributed by atoms with Crippen LogP contribution < -0.4 is 5.32 Å². The summed E-state index contributed by atoms with van der Waals surface area (Å²) in [4.78, 5) is 14.7. The van der Waals surface area contributed by atoms with Crippen LogP contribution in [-0.4, -0.2) is 41.1 Å². The average Bonchev–Trinajstić information content (AvgIpc) is 2.61. The Hall–Kier alpha value is -1.39. The second-order valence-electron chi connectivity index (χ2n) is 7.48. The molecule has 2 N–H and O–H groups in total. The van der Waals surface area contributed by atoms with E-state index in [4.69, 9.17) is 0 Å². The third-order valence-corrected chi connectivity index (χ3v) is 5.50. The average molecular weight is 330 g/mol. The van der Waals surface area contributed by atoms with Crippen molar-refractivity contribution in [3.63, 3.8) is 0 Å². The lowest BCUT2D eigenvalue weighted by Gasteiger charge is -2.40. The normalized spacial score (nSPS) is 25.9. The number of aliphatic hydroxyl groups is 1. The molecule has 1 heterocycles. The molecule has 1 atom stereocenters. The standard InChI is InChI=1S/C20H30N2O2/c23-19-20(24,16-21-14-17-8-3-1-4-9-17)12-7-13-22(19)15-18-10-5-2-6-11-18/h1,3-4,8-9,18,21,24H,2,5-7,10-16H2. The lowest BCUT2D eigenvalue weighted by atomic mass is 9.86. The van der Waals surface area contributed by atoms with E-state index in [1.807, 2.05) is 23.1 Å². The van der Waals surface area contributed by atoms with Gasteiger partial charge < -0.3 is 15.3 Å². The van der Waals surface area contributed by atoms with Crippen LogP contribution in [0.4, 0.5) is 0 Å². The Kier molecular flexibility index (Phi) is 5.90. The van der Waals surface area contributed by atoms with Crippen LogP contribution in [0.3, 0.4) is 0 Å². The van der Waals surface area contributed by atoms with Gasteiger partial charge in [0.15, 0.2) is 5.60 Å². The topological polar surface area (TPSA) is 52.6 Å². The Morgan fingerprint density at radius 3 is 2.62 bits per heavy atom. The summed E-state index contributed by atoms with van der Waals surface area (Å²) in [7, 11) is 0. The summed E-state index contributed by atoms with van der Waals surface area (Å²) < 4.78 is 0. The lowest BCUT2D eigenvalue weighted by molar-refractivity contribution is -0.157. The van der Waals surface area contributed by atoms with E-state index in [1.54, 1.807) is 0 Å². The SMILES string of the molecule is O=C1N(CC2CCCCC2)CCCC1(O)CNCc1ccccc1. The Labute approximate surface area is 145 Å². The fourth-order valence-electron chi connectivity index (χ4n) is 4.09. The van der Waals surface area contributed by atoms with Crippen LogP contribution in [0.2, 0.25) is 0 Å². The summed E-state index contributed by atoms with van der Waals surface area (Å²) in [5.74, 6) is 0.558. The maximum Gasteiger partial charge on any atom is 0.255 e. The van der Waals surface area contributed by atoms with Gasteiger partial charge in [0, 0.05) is 26.2 Å². The first kappa shape index (κ1) is 17.4. The first-order valence-corrected chi connectivity index (χ1v) is 9.44. The van der Waals surface area contributed by atoms with Crippen molar-refractivity contribution < 1.29 is 9.90 Å². The molecule has 0 spiro atoms. The summed E-state index contributed by atoms with van der Waals surface area (Å²) in [5, 5.41) is 14.1. The highest BCUT2D eigenvalue weighted by molar-refractivity contribution is 5.86. The minimum absolute atomic E-state index is 0.0696. The molecule has 1 aromatic rings. The number of nitrogens with zero attached hydrogens (tertiary/aromatic N) is 1. The van der Waals surface area contributed by atoms with Gasteiger partial charge in [-0.15, -0.1) is 0 Å². The molecule has 0 aromatic heterocycles. The van der Waals surface area contributed by atoms with E-state index in [1.165, 1.54) is 37.7 Å². The summed E-state index contributed by atoms with van der Waals surface area (Å²) in [6.45, 7) is 2.65. The summed E-state index contributed by atoms with van der Waals surface area (Å²) in [6, 6.07) is 10.1. The van der Waals surface area contributed by atoms with Gasteiger partial charge in [-0.25, -0.2) is 0 Å². The van der Waals surface area contributed by atoms with Crippen LogP contribution in [0.1, 0.15) is 50.5 Å². The highest BCUT2D eigenvalue weighted by Gasteiger charge is 2.42. The van der Waals surface area contributed by atoms with Gasteiger partial charge >= 0.3 is 0 Å². The Morgan fingerprint density at radius 1 is 1.12 bits per heavy atom. The predicted octanol–water partition coefficient (Wildman–Crippen LogP) is 2.71. The van der Waals surface area contributed by atoms with Crippen molar-refractivity contribution >= 4 is 5.91 Å². The summed E-state index contributed by atoms with van der Waals surface area (Å²) in [5.41, 5.74) is -0.0646. The molecule has 1 aliphatic heterocycles. The van der Waals surface area contributed by atoms with Gasteiger partial charge in [-0.2, -0.15) is 0 Å². The Balaban J connectivity index is 1.52. The highest BCUT2D eigenvalue weighted by Crippen LogP contribution is 2.28. The molecule has 0 radical (unpaired) electrons. The van der Waals surface area contributed by atoms with Crippen molar-refractivity contribution in [1.82, 2.24) is 10.2 Å². The van der Waals surface area contributed by atoms with Crippen LogP contribution in [0.5, 0.6) is 0 Å². The zero-order valence-corrected chi connectivity index (χ0v) is 14.5. The summed E-state index contributed by atoms with van der Waals surface area (Å²) >= 11 is 0. The zero-order valence-electron chi connectivity index (χ0n) is 14.5. The molecule has 1 amide bonds. The van der Waals surface area contributed by atoms with Crippen LogP contribution in [0, 0.1) is 5.92 Å². The number of amides is 1. The predicted molar refractivity (Wildman–Crippen MR) is 95.5 cm³/mol. The molecule has 2 fully saturated rings. The molecule has 2 aliphatic rings. The van der Waals surface area contributed by atoms with Crippen LogP contribution in [-0.2, 0) is 11.3 Å². The second-order valence-corrected chi connectivity index (χ2v) is 7.48. The molecule has 0 bridgehead atoms. The van der Waals surface area contributed by atoms with E-state index >= 15 is 0 Å². The van der Waals surface area contributed by atoms with Crippen molar-refractivity contribution in [3.05, 3.63) is 35.9 Å². The molecule has 4 nitrogen and oxygen atoms in total. The van der Waals surface area contributed by atoms with Crippen LogP contribution in [0.25, 0.3) is 0 Å². The van der Waals surface area contributed by atoms with Crippen molar-refractivity contribution in [3.8, 4) is 0 Å². The van der Waals surface area contributed by atoms with Gasteiger partial charge in [0.2, 0.25) is 0 Å². The smallest absolute Gasteiger partial charge is 0.255 e. The third kappa shape index (κ3) is 4.37. The largest absolute Gasteiger partial charge is 0.379 e. The number of carbonyl (C=O) groups is 1. The van der Waals surface area contributed by atoms with E-state index < -0.39 is 5.60 Å². The number of piperidine rings is 1. The molecule has 1 saturated carbocycles. The monoisotopic (exact) mass is 330 g/mol. The van der Waals surface area contributed by atoms with E-state index in [2.05, 4.69) is 17.4 Å². The van der Waals surface area contributed by atoms with Crippen LogP contribution >= 0.6 is 0 Å². The first-order chi connectivity index (χ1) is 11.7. The molecule has 24 heavy (non-hydrogen) atoms. The second kappa shape index (κ2) is 8.13. The van der Waals surface area contributed by atoms with E-state index in [0.29, 0.717) is 25.4 Å².